The van der Waals surface area contributed by atoms with Gasteiger partial charge in [0, 0.05) is 11.4 Å². The third-order valence-corrected chi connectivity index (χ3v) is 2.97. The predicted molar refractivity (Wildman–Crippen MR) is 62.1 cm³/mol. The van der Waals surface area contributed by atoms with E-state index in [1.165, 1.54) is 4.88 Å². The smallest absolute Gasteiger partial charge is 0.166 e. The number of hydrogen-bond acceptors (Lipinski definition) is 2. The van der Waals surface area contributed by atoms with E-state index in [9.17, 15) is 0 Å². The molecule has 0 aliphatic rings. The Balaban J connectivity index is 2.42. The summed E-state index contributed by atoms with van der Waals surface area (Å²) < 4.78 is 0. The molecule has 0 saturated heterocycles. The van der Waals surface area contributed by atoms with Crippen molar-refractivity contribution < 1.29 is 0 Å². The molecule has 0 radical (unpaired) electrons. The molecule has 0 bridgehead atoms. The van der Waals surface area contributed by atoms with E-state index in [2.05, 4.69) is 35.1 Å². The average molecular weight is 214 g/mol. The fourth-order valence-electron chi connectivity index (χ4n) is 1.02. The van der Waals surface area contributed by atoms with E-state index in [0.717, 1.165) is 11.7 Å². The first-order chi connectivity index (χ1) is 6.24. The van der Waals surface area contributed by atoms with Crippen LogP contribution in [0.2, 0.25) is 0 Å². The lowest BCUT2D eigenvalue weighted by atomic mass is 10.3. The lowest BCUT2D eigenvalue weighted by Gasteiger charge is -2.14. The Morgan fingerprint density at radius 3 is 3.00 bits per heavy atom. The highest BCUT2D eigenvalue weighted by Crippen LogP contribution is 2.17. The molecule has 72 valence electrons. The molecule has 0 unspecified atom stereocenters. The van der Waals surface area contributed by atoms with Crippen molar-refractivity contribution in [3.63, 3.8) is 0 Å². The van der Waals surface area contributed by atoms with Crippen LogP contribution in [-0.2, 0) is 0 Å². The molecule has 0 spiro atoms. The third-order valence-electron chi connectivity index (χ3n) is 1.65. The van der Waals surface area contributed by atoms with Gasteiger partial charge in [-0.3, -0.25) is 0 Å². The topological polar surface area (TPSA) is 24.1 Å². The molecule has 0 saturated carbocycles. The van der Waals surface area contributed by atoms with Crippen LogP contribution in [0.15, 0.2) is 17.5 Å². The van der Waals surface area contributed by atoms with Crippen LogP contribution in [0.1, 0.15) is 24.8 Å². The highest BCUT2D eigenvalue weighted by atomic mass is 32.1. The molecule has 1 aromatic heterocycles. The van der Waals surface area contributed by atoms with Crippen molar-refractivity contribution in [1.29, 1.82) is 0 Å². The van der Waals surface area contributed by atoms with E-state index in [1.54, 1.807) is 11.3 Å². The van der Waals surface area contributed by atoms with Crippen molar-refractivity contribution in [2.75, 3.05) is 6.54 Å². The van der Waals surface area contributed by atoms with Gasteiger partial charge >= 0.3 is 0 Å². The normalized spacial score (nSPS) is 12.2. The maximum Gasteiger partial charge on any atom is 0.166 e. The Morgan fingerprint density at radius 2 is 2.46 bits per heavy atom. The number of rotatable bonds is 3. The highest BCUT2D eigenvalue weighted by Gasteiger charge is 2.06. The molecule has 1 aromatic rings. The van der Waals surface area contributed by atoms with Crippen LogP contribution in [0.5, 0.6) is 0 Å². The first-order valence-corrected chi connectivity index (χ1v) is 5.60. The van der Waals surface area contributed by atoms with Crippen molar-refractivity contribution in [2.24, 2.45) is 0 Å². The second kappa shape index (κ2) is 5.19. The third kappa shape index (κ3) is 3.32. The zero-order chi connectivity index (χ0) is 9.68. The minimum absolute atomic E-state index is 0.298. The Bertz CT molecular complexity index is 257. The summed E-state index contributed by atoms with van der Waals surface area (Å²) in [5.74, 6) is 0. The Kier molecular flexibility index (Phi) is 4.18. The van der Waals surface area contributed by atoms with Crippen LogP contribution in [0, 0.1) is 0 Å². The van der Waals surface area contributed by atoms with Gasteiger partial charge in [0.2, 0.25) is 0 Å². The van der Waals surface area contributed by atoms with Crippen LogP contribution in [0.3, 0.4) is 0 Å². The molecule has 13 heavy (non-hydrogen) atoms. The van der Waals surface area contributed by atoms with E-state index in [1.807, 2.05) is 6.92 Å². The number of thiophene rings is 1. The molecule has 4 heteroatoms. The maximum absolute atomic E-state index is 5.09. The number of hydrogen-bond donors (Lipinski definition) is 2. The Morgan fingerprint density at radius 1 is 1.69 bits per heavy atom. The first-order valence-electron chi connectivity index (χ1n) is 4.31. The van der Waals surface area contributed by atoms with Gasteiger partial charge in [-0.05, 0) is 37.5 Å². The molecule has 0 fully saturated rings. The molecule has 1 heterocycles. The van der Waals surface area contributed by atoms with Gasteiger partial charge in [-0.15, -0.1) is 11.3 Å². The highest BCUT2D eigenvalue weighted by molar-refractivity contribution is 7.80. The van der Waals surface area contributed by atoms with Crippen LogP contribution in [0.4, 0.5) is 0 Å². The molecular formula is C9H14N2S2. The molecule has 0 aliphatic carbocycles. The van der Waals surface area contributed by atoms with Gasteiger partial charge in [0.25, 0.3) is 0 Å². The van der Waals surface area contributed by atoms with Crippen molar-refractivity contribution in [1.82, 2.24) is 10.6 Å². The fourth-order valence-corrected chi connectivity index (χ4v) is 2.07. The van der Waals surface area contributed by atoms with Gasteiger partial charge in [0.15, 0.2) is 5.11 Å². The lowest BCUT2D eigenvalue weighted by molar-refractivity contribution is 0.715. The summed E-state index contributed by atoms with van der Waals surface area (Å²) in [4.78, 5) is 1.31. The molecule has 0 aliphatic heterocycles. The summed E-state index contributed by atoms with van der Waals surface area (Å²) in [7, 11) is 0. The monoisotopic (exact) mass is 214 g/mol. The summed E-state index contributed by atoms with van der Waals surface area (Å²) in [6, 6.07) is 4.46. The van der Waals surface area contributed by atoms with E-state index in [4.69, 9.17) is 12.2 Å². The van der Waals surface area contributed by atoms with E-state index >= 15 is 0 Å². The van der Waals surface area contributed by atoms with E-state index in [0.29, 0.717) is 6.04 Å². The second-order valence-corrected chi connectivity index (χ2v) is 4.13. The van der Waals surface area contributed by atoms with Gasteiger partial charge in [-0.2, -0.15) is 0 Å². The average Bonchev–Trinajstić information content (AvgIpc) is 2.55. The molecule has 2 nitrogen and oxygen atoms in total. The SMILES string of the molecule is CCNC(=S)N[C@H](C)c1cccs1. The summed E-state index contributed by atoms with van der Waals surface area (Å²) >= 11 is 6.83. The summed E-state index contributed by atoms with van der Waals surface area (Å²) in [5.41, 5.74) is 0. The van der Waals surface area contributed by atoms with Crippen LogP contribution >= 0.6 is 23.6 Å². The van der Waals surface area contributed by atoms with Gasteiger partial charge < -0.3 is 10.6 Å². The zero-order valence-electron chi connectivity index (χ0n) is 7.83. The molecule has 2 N–H and O–H groups in total. The molecular weight excluding hydrogens is 200 g/mol. The zero-order valence-corrected chi connectivity index (χ0v) is 9.47. The quantitative estimate of drug-likeness (QED) is 0.755. The van der Waals surface area contributed by atoms with Crippen molar-refractivity contribution in [3.8, 4) is 0 Å². The van der Waals surface area contributed by atoms with Crippen molar-refractivity contribution in [3.05, 3.63) is 22.4 Å². The molecule has 0 aromatic carbocycles. The summed E-state index contributed by atoms with van der Waals surface area (Å²) in [6.07, 6.45) is 0. The minimum Gasteiger partial charge on any atom is -0.363 e. The summed E-state index contributed by atoms with van der Waals surface area (Å²) in [5, 5.41) is 9.08. The van der Waals surface area contributed by atoms with Crippen LogP contribution < -0.4 is 10.6 Å². The van der Waals surface area contributed by atoms with Crippen molar-refractivity contribution in [2.45, 2.75) is 19.9 Å². The number of nitrogens with one attached hydrogen (secondary N) is 2. The summed E-state index contributed by atoms with van der Waals surface area (Å²) in [6.45, 7) is 5.00. The maximum atomic E-state index is 5.09. The molecule has 0 amide bonds. The van der Waals surface area contributed by atoms with E-state index < -0.39 is 0 Å². The fraction of sp³-hybridized carbons (Fsp3) is 0.444. The molecule has 1 rings (SSSR count). The predicted octanol–water partition coefficient (Wildman–Crippen LogP) is 2.29. The van der Waals surface area contributed by atoms with Crippen LogP contribution in [0.25, 0.3) is 0 Å². The van der Waals surface area contributed by atoms with E-state index in [-0.39, 0.29) is 0 Å². The lowest BCUT2D eigenvalue weighted by Crippen LogP contribution is -2.36. The number of thiocarbonyl (C=S) groups is 1. The van der Waals surface area contributed by atoms with Gasteiger partial charge in [-0.25, -0.2) is 0 Å². The van der Waals surface area contributed by atoms with Crippen molar-refractivity contribution >= 4 is 28.7 Å². The van der Waals surface area contributed by atoms with Gasteiger partial charge in [-0.1, -0.05) is 6.07 Å². The molecule has 1 atom stereocenters. The van der Waals surface area contributed by atoms with Gasteiger partial charge in [0.05, 0.1) is 6.04 Å². The standard InChI is InChI=1S/C9H14N2S2/c1-3-10-9(12)11-7(2)8-5-4-6-13-8/h4-7H,3H2,1-2H3,(H2,10,11,12)/t7-/m1/s1. The largest absolute Gasteiger partial charge is 0.363 e. The second-order valence-electron chi connectivity index (χ2n) is 2.74. The minimum atomic E-state index is 0.298. The van der Waals surface area contributed by atoms with Crippen LogP contribution in [-0.4, -0.2) is 11.7 Å². The Hall–Kier alpha value is -0.610. The van der Waals surface area contributed by atoms with Gasteiger partial charge in [0.1, 0.15) is 0 Å². The Labute approximate surface area is 88.4 Å². The first kappa shape index (κ1) is 10.5.